The Labute approximate surface area is 204 Å². The third-order valence-electron chi connectivity index (χ3n) is 7.46. The Balaban J connectivity index is 1.49. The first-order chi connectivity index (χ1) is 16.0. The van der Waals surface area contributed by atoms with Crippen LogP contribution in [-0.4, -0.2) is 44.6 Å². The highest BCUT2D eigenvalue weighted by atomic mass is 32.2. The molecule has 3 aliphatic rings. The second-order valence-corrected chi connectivity index (χ2v) is 11.0. The monoisotopic (exact) mass is 482 g/mol. The first-order valence-electron chi connectivity index (χ1n) is 11.7. The summed E-state index contributed by atoms with van der Waals surface area (Å²) >= 11 is 7.11. The van der Waals surface area contributed by atoms with Gasteiger partial charge in [0, 0.05) is 36.6 Å². The maximum absolute atomic E-state index is 13.5. The molecule has 1 amide bonds. The highest BCUT2D eigenvalue weighted by molar-refractivity contribution is 8.26. The zero-order chi connectivity index (χ0) is 23.1. The molecule has 2 aliphatic carbocycles. The average Bonchev–Trinajstić information content (AvgIpc) is 3.58. The van der Waals surface area contributed by atoms with Crippen molar-refractivity contribution in [1.29, 1.82) is 0 Å². The van der Waals surface area contributed by atoms with Crippen LogP contribution in [0.4, 0.5) is 0 Å². The predicted octanol–water partition coefficient (Wildman–Crippen LogP) is 5.02. The van der Waals surface area contributed by atoms with Crippen molar-refractivity contribution < 1.29 is 14.6 Å². The van der Waals surface area contributed by atoms with Gasteiger partial charge in [0.1, 0.15) is 10.1 Å². The van der Waals surface area contributed by atoms with Gasteiger partial charge in [0.05, 0.1) is 12.0 Å². The summed E-state index contributed by atoms with van der Waals surface area (Å²) in [5, 5.41) is 9.43. The van der Waals surface area contributed by atoms with E-state index in [0.717, 1.165) is 47.0 Å². The van der Waals surface area contributed by atoms with Crippen molar-refractivity contribution in [3.63, 3.8) is 0 Å². The van der Waals surface area contributed by atoms with Crippen molar-refractivity contribution in [1.82, 2.24) is 9.47 Å². The van der Waals surface area contributed by atoms with Gasteiger partial charge in [-0.3, -0.25) is 9.69 Å². The number of ether oxygens (including phenoxy) is 1. The number of benzene rings is 1. The Morgan fingerprint density at radius 3 is 2.82 bits per heavy atom. The topological polar surface area (TPSA) is 54.7 Å². The van der Waals surface area contributed by atoms with Crippen LogP contribution < -0.4 is 4.74 Å². The third kappa shape index (κ3) is 4.15. The van der Waals surface area contributed by atoms with Crippen LogP contribution in [0.3, 0.4) is 0 Å². The number of carbonyl (C=O) groups excluding carboxylic acids is 1. The Kier molecular flexibility index (Phi) is 6.38. The summed E-state index contributed by atoms with van der Waals surface area (Å²) in [6.07, 6.45) is 8.28. The number of hydrogen-bond donors (Lipinski definition) is 1. The van der Waals surface area contributed by atoms with Gasteiger partial charge in [-0.05, 0) is 73.8 Å². The van der Waals surface area contributed by atoms with Crippen molar-refractivity contribution in [2.75, 3.05) is 13.7 Å². The van der Waals surface area contributed by atoms with Crippen molar-refractivity contribution in [2.24, 2.45) is 18.9 Å². The molecule has 2 heterocycles. The Morgan fingerprint density at radius 2 is 2.12 bits per heavy atom. The van der Waals surface area contributed by atoms with Crippen molar-refractivity contribution in [3.8, 4) is 17.0 Å². The molecule has 174 valence electrons. The number of aryl methyl sites for hydroxylation is 1. The van der Waals surface area contributed by atoms with Crippen molar-refractivity contribution in [3.05, 3.63) is 46.5 Å². The molecule has 3 fully saturated rings. The van der Waals surface area contributed by atoms with E-state index in [-0.39, 0.29) is 18.6 Å². The lowest BCUT2D eigenvalue weighted by atomic mass is 9.94. The van der Waals surface area contributed by atoms with Crippen LogP contribution in [-0.2, 0) is 18.3 Å². The van der Waals surface area contributed by atoms with Gasteiger partial charge in [0.2, 0.25) is 0 Å². The van der Waals surface area contributed by atoms with E-state index in [4.69, 9.17) is 17.0 Å². The number of aliphatic hydroxyl groups is 1. The Hall–Kier alpha value is -2.09. The molecular weight excluding hydrogens is 452 g/mol. The number of methoxy groups -OCH3 is 1. The summed E-state index contributed by atoms with van der Waals surface area (Å²) in [5.74, 6) is 2.22. The number of rotatable bonds is 7. The number of hydrogen-bond acceptors (Lipinski definition) is 5. The van der Waals surface area contributed by atoms with Crippen LogP contribution in [0.5, 0.6) is 5.75 Å². The summed E-state index contributed by atoms with van der Waals surface area (Å²) in [5.41, 5.74) is 4.22. The van der Waals surface area contributed by atoms with Crippen LogP contribution in [0, 0.1) is 11.8 Å². The standard InChI is InChI=1S/C26H30N2O3S2/c1-27-21(17-5-3-7-20(13-17)31-2)14-18(6-4-10-29)22(27)15-24-25(30)28(26(32)33-24)23-12-16-8-9-19(23)11-16/h3,5,7,13-16,19,23,29H,4,6,8-12H2,1-2H3. The minimum Gasteiger partial charge on any atom is -0.497 e. The number of nitrogens with zero attached hydrogens (tertiary/aromatic N) is 2. The lowest BCUT2D eigenvalue weighted by Crippen LogP contribution is -2.41. The van der Waals surface area contributed by atoms with Crippen LogP contribution in [0.1, 0.15) is 43.4 Å². The van der Waals surface area contributed by atoms with Crippen LogP contribution >= 0.6 is 24.0 Å². The van der Waals surface area contributed by atoms with E-state index in [0.29, 0.717) is 21.6 Å². The average molecular weight is 483 g/mol. The van der Waals surface area contributed by atoms with Gasteiger partial charge in [-0.25, -0.2) is 0 Å². The molecule has 2 aromatic rings. The lowest BCUT2D eigenvalue weighted by molar-refractivity contribution is -0.124. The second kappa shape index (κ2) is 9.28. The van der Waals surface area contributed by atoms with E-state index in [9.17, 15) is 9.90 Å². The number of thiocarbonyl (C=S) groups is 1. The van der Waals surface area contributed by atoms with E-state index in [1.807, 2.05) is 36.2 Å². The zero-order valence-corrected chi connectivity index (χ0v) is 20.8. The number of carbonyl (C=O) groups is 1. The summed E-state index contributed by atoms with van der Waals surface area (Å²) in [4.78, 5) is 16.1. The molecule has 33 heavy (non-hydrogen) atoms. The minimum atomic E-state index is 0.0554. The molecule has 1 N–H and O–H groups in total. The van der Waals surface area contributed by atoms with Gasteiger partial charge >= 0.3 is 0 Å². The van der Waals surface area contributed by atoms with Gasteiger partial charge in [-0.1, -0.05) is 42.5 Å². The molecule has 1 saturated heterocycles. The molecule has 1 aliphatic heterocycles. The maximum Gasteiger partial charge on any atom is 0.266 e. The van der Waals surface area contributed by atoms with E-state index in [1.165, 1.54) is 31.0 Å². The van der Waals surface area contributed by atoms with Crippen LogP contribution in [0.2, 0.25) is 0 Å². The molecule has 5 nitrogen and oxygen atoms in total. The van der Waals surface area contributed by atoms with Crippen LogP contribution in [0.15, 0.2) is 35.2 Å². The first-order valence-corrected chi connectivity index (χ1v) is 12.9. The Bertz CT molecular complexity index is 1120. The van der Waals surface area contributed by atoms with Gasteiger partial charge in [0.25, 0.3) is 5.91 Å². The third-order valence-corrected chi connectivity index (χ3v) is 8.79. The number of fused-ring (bicyclic) bond motifs is 2. The first kappa shape index (κ1) is 22.7. The molecule has 7 heteroatoms. The van der Waals surface area contributed by atoms with Crippen LogP contribution in [0.25, 0.3) is 17.3 Å². The summed E-state index contributed by atoms with van der Waals surface area (Å²) in [6.45, 7) is 0.134. The van der Waals surface area contributed by atoms with Crippen molar-refractivity contribution in [2.45, 2.75) is 44.6 Å². The van der Waals surface area contributed by atoms with E-state index < -0.39 is 0 Å². The lowest BCUT2D eigenvalue weighted by Gasteiger charge is -2.30. The second-order valence-electron chi connectivity index (χ2n) is 9.35. The Morgan fingerprint density at radius 1 is 1.27 bits per heavy atom. The molecule has 0 radical (unpaired) electrons. The van der Waals surface area contributed by atoms with Gasteiger partial charge in [-0.2, -0.15) is 0 Å². The highest BCUT2D eigenvalue weighted by Gasteiger charge is 2.48. The molecular formula is C26H30N2O3S2. The largest absolute Gasteiger partial charge is 0.497 e. The summed E-state index contributed by atoms with van der Waals surface area (Å²) in [6, 6.07) is 10.4. The van der Waals surface area contributed by atoms with Gasteiger partial charge in [0.15, 0.2) is 0 Å². The fourth-order valence-electron chi connectivity index (χ4n) is 5.82. The molecule has 3 unspecified atom stereocenters. The summed E-state index contributed by atoms with van der Waals surface area (Å²) < 4.78 is 8.24. The number of aromatic nitrogens is 1. The zero-order valence-electron chi connectivity index (χ0n) is 19.1. The normalized spacial score (nSPS) is 25.6. The molecule has 5 rings (SSSR count). The molecule has 2 saturated carbocycles. The van der Waals surface area contributed by atoms with E-state index in [1.54, 1.807) is 7.11 Å². The number of amides is 1. The number of aliphatic hydroxyl groups excluding tert-OH is 1. The molecule has 1 aromatic carbocycles. The highest BCUT2D eigenvalue weighted by Crippen LogP contribution is 2.49. The maximum atomic E-state index is 13.5. The van der Waals surface area contributed by atoms with Gasteiger partial charge in [-0.15, -0.1) is 0 Å². The SMILES string of the molecule is COc1cccc(-c2cc(CCCO)c(C=C3SC(=S)N(C4CC5CCC4C5)C3=O)n2C)c1. The fourth-order valence-corrected chi connectivity index (χ4v) is 7.17. The smallest absolute Gasteiger partial charge is 0.266 e. The van der Waals surface area contributed by atoms with Crippen molar-refractivity contribution >= 4 is 40.3 Å². The molecule has 1 aromatic heterocycles. The molecule has 3 atom stereocenters. The minimum absolute atomic E-state index is 0.0554. The van der Waals surface area contributed by atoms with Gasteiger partial charge < -0.3 is 14.4 Å². The molecule has 0 spiro atoms. The predicted molar refractivity (Wildman–Crippen MR) is 137 cm³/mol. The van der Waals surface area contributed by atoms with E-state index >= 15 is 0 Å². The molecule has 2 bridgehead atoms. The summed E-state index contributed by atoms with van der Waals surface area (Å²) in [7, 11) is 3.69. The van der Waals surface area contributed by atoms with E-state index in [2.05, 4.69) is 16.7 Å². The number of thioether (sulfide) groups is 1. The fraction of sp³-hybridized carbons (Fsp3) is 0.462. The quantitative estimate of drug-likeness (QED) is 0.444.